The number of hydrogen-bond donors (Lipinski definition) is 0. The van der Waals surface area contributed by atoms with Gasteiger partial charge in [0, 0.05) is 4.90 Å². The second-order valence-electron chi connectivity index (χ2n) is 3.09. The van der Waals surface area contributed by atoms with Crippen LogP contribution in [0.3, 0.4) is 0 Å². The molecule has 76 valence electrons. The van der Waals surface area contributed by atoms with Crippen LogP contribution in [-0.4, -0.2) is 18.8 Å². The Labute approximate surface area is 85.5 Å². The molecule has 0 radical (unpaired) electrons. The van der Waals surface area contributed by atoms with Crippen molar-refractivity contribution in [3.05, 3.63) is 29.8 Å². The first-order chi connectivity index (χ1) is 6.75. The Morgan fingerprint density at radius 1 is 1.36 bits per heavy atom. The molecule has 4 heteroatoms. The first kappa shape index (κ1) is 9.93. The molecule has 1 aliphatic rings. The molecule has 1 fully saturated rings. The van der Waals surface area contributed by atoms with Crippen molar-refractivity contribution in [1.29, 1.82) is 0 Å². The number of rotatable bonds is 4. The van der Waals surface area contributed by atoms with Gasteiger partial charge in [-0.15, -0.1) is 11.8 Å². The average Bonchev–Trinajstić information content (AvgIpc) is 2.99. The molecule has 1 aromatic rings. The standard InChI is InChI=1S/C10H10F2OS/c11-10(12)6-14-8-3-1-7(2-4-8)9-5-13-9/h1-4,9-10H,5-6H2/t9-/m0/s1. The Kier molecular flexibility index (Phi) is 3.03. The van der Waals surface area contributed by atoms with Gasteiger partial charge >= 0.3 is 0 Å². The van der Waals surface area contributed by atoms with E-state index in [0.29, 0.717) is 0 Å². The average molecular weight is 216 g/mol. The largest absolute Gasteiger partial charge is 0.368 e. The van der Waals surface area contributed by atoms with E-state index >= 15 is 0 Å². The van der Waals surface area contributed by atoms with Crippen LogP contribution in [0.1, 0.15) is 11.7 Å². The second-order valence-corrected chi connectivity index (χ2v) is 4.19. The highest BCUT2D eigenvalue weighted by molar-refractivity contribution is 7.99. The smallest absolute Gasteiger partial charge is 0.247 e. The minimum Gasteiger partial charge on any atom is -0.368 e. The Morgan fingerprint density at radius 3 is 2.50 bits per heavy atom. The third kappa shape index (κ3) is 2.69. The van der Waals surface area contributed by atoms with Gasteiger partial charge in [0.25, 0.3) is 0 Å². The predicted octanol–water partition coefficient (Wildman–Crippen LogP) is 3.12. The van der Waals surface area contributed by atoms with Crippen LogP contribution in [-0.2, 0) is 4.74 Å². The molecular formula is C10H10F2OS. The summed E-state index contributed by atoms with van der Waals surface area (Å²) < 4.78 is 28.9. The molecule has 0 saturated carbocycles. The predicted molar refractivity (Wildman–Crippen MR) is 51.9 cm³/mol. The lowest BCUT2D eigenvalue weighted by Gasteiger charge is -2.01. The van der Waals surface area contributed by atoms with Crippen molar-refractivity contribution in [3.63, 3.8) is 0 Å². The number of benzene rings is 1. The van der Waals surface area contributed by atoms with Gasteiger partial charge in [-0.05, 0) is 17.7 Å². The van der Waals surface area contributed by atoms with Crippen LogP contribution in [0.2, 0.25) is 0 Å². The number of hydrogen-bond acceptors (Lipinski definition) is 2. The number of ether oxygens (including phenoxy) is 1. The molecule has 0 amide bonds. The molecule has 1 heterocycles. The van der Waals surface area contributed by atoms with E-state index in [1.54, 1.807) is 0 Å². The fourth-order valence-corrected chi connectivity index (χ4v) is 1.83. The van der Waals surface area contributed by atoms with Crippen LogP contribution >= 0.6 is 11.8 Å². The summed E-state index contributed by atoms with van der Waals surface area (Å²) in [5, 5.41) is 0. The summed E-state index contributed by atoms with van der Waals surface area (Å²) >= 11 is 1.18. The minimum absolute atomic E-state index is 0.140. The topological polar surface area (TPSA) is 12.5 Å². The van der Waals surface area contributed by atoms with E-state index in [4.69, 9.17) is 4.74 Å². The van der Waals surface area contributed by atoms with Crippen molar-refractivity contribution in [3.8, 4) is 0 Å². The molecule has 1 atom stereocenters. The van der Waals surface area contributed by atoms with Gasteiger partial charge in [0.2, 0.25) is 6.43 Å². The van der Waals surface area contributed by atoms with Gasteiger partial charge in [-0.2, -0.15) is 0 Å². The zero-order chi connectivity index (χ0) is 9.97. The number of epoxide rings is 1. The summed E-state index contributed by atoms with van der Waals surface area (Å²) in [6.45, 7) is 0.781. The zero-order valence-electron chi connectivity index (χ0n) is 7.45. The summed E-state index contributed by atoms with van der Waals surface area (Å²) in [6, 6.07) is 7.60. The van der Waals surface area contributed by atoms with Gasteiger partial charge in [-0.25, -0.2) is 8.78 Å². The SMILES string of the molecule is FC(F)CSc1ccc([C@@H]2CO2)cc1. The van der Waals surface area contributed by atoms with Crippen molar-refractivity contribution in [2.45, 2.75) is 17.4 Å². The first-order valence-electron chi connectivity index (χ1n) is 4.38. The maximum absolute atomic E-state index is 11.9. The van der Waals surface area contributed by atoms with Crippen molar-refractivity contribution in [2.24, 2.45) is 0 Å². The molecule has 0 N–H and O–H groups in total. The zero-order valence-corrected chi connectivity index (χ0v) is 8.27. The van der Waals surface area contributed by atoms with E-state index < -0.39 is 6.43 Å². The van der Waals surface area contributed by atoms with E-state index in [2.05, 4.69) is 0 Å². The van der Waals surface area contributed by atoms with Crippen LogP contribution in [0.5, 0.6) is 0 Å². The number of thioether (sulfide) groups is 1. The molecule has 1 aliphatic heterocycles. The molecule has 0 aromatic heterocycles. The molecular weight excluding hydrogens is 206 g/mol. The third-order valence-electron chi connectivity index (χ3n) is 1.96. The summed E-state index contributed by atoms with van der Waals surface area (Å²) in [7, 11) is 0. The lowest BCUT2D eigenvalue weighted by molar-refractivity contribution is 0.177. The highest BCUT2D eigenvalue weighted by Crippen LogP contribution is 2.31. The quantitative estimate of drug-likeness (QED) is 0.566. The second kappa shape index (κ2) is 4.28. The highest BCUT2D eigenvalue weighted by atomic mass is 32.2. The molecule has 2 rings (SSSR count). The summed E-state index contributed by atoms with van der Waals surface area (Å²) in [6.07, 6.45) is -2.00. The van der Waals surface area contributed by atoms with Crippen LogP contribution in [0.4, 0.5) is 8.78 Å². The van der Waals surface area contributed by atoms with E-state index in [9.17, 15) is 8.78 Å². The van der Waals surface area contributed by atoms with E-state index in [-0.39, 0.29) is 11.9 Å². The van der Waals surface area contributed by atoms with Gasteiger partial charge in [0.05, 0.1) is 12.4 Å². The molecule has 0 aliphatic carbocycles. The van der Waals surface area contributed by atoms with Crippen LogP contribution in [0.25, 0.3) is 0 Å². The first-order valence-corrected chi connectivity index (χ1v) is 5.37. The summed E-state index contributed by atoms with van der Waals surface area (Å²) in [5.41, 5.74) is 1.13. The lowest BCUT2D eigenvalue weighted by atomic mass is 10.2. The van der Waals surface area contributed by atoms with Gasteiger partial charge in [0.1, 0.15) is 6.10 Å². The van der Waals surface area contributed by atoms with Gasteiger partial charge in [0.15, 0.2) is 0 Å². The molecule has 14 heavy (non-hydrogen) atoms. The van der Waals surface area contributed by atoms with E-state index in [1.807, 2.05) is 24.3 Å². The van der Waals surface area contributed by atoms with Gasteiger partial charge in [-0.1, -0.05) is 12.1 Å². The van der Waals surface area contributed by atoms with Gasteiger partial charge in [-0.3, -0.25) is 0 Å². The van der Waals surface area contributed by atoms with Crippen molar-refractivity contribution >= 4 is 11.8 Å². The molecule has 1 nitrogen and oxygen atoms in total. The number of halogens is 2. The summed E-state index contributed by atoms with van der Waals surface area (Å²) in [5.74, 6) is -0.140. The Hall–Kier alpha value is -0.610. The lowest BCUT2D eigenvalue weighted by Crippen LogP contribution is -1.93. The molecule has 0 unspecified atom stereocenters. The van der Waals surface area contributed by atoms with E-state index in [0.717, 1.165) is 17.1 Å². The van der Waals surface area contributed by atoms with Crippen LogP contribution < -0.4 is 0 Å². The van der Waals surface area contributed by atoms with E-state index in [1.165, 1.54) is 11.8 Å². The van der Waals surface area contributed by atoms with Gasteiger partial charge < -0.3 is 4.74 Å². The normalized spacial score (nSPS) is 20.1. The fraction of sp³-hybridized carbons (Fsp3) is 0.400. The molecule has 0 bridgehead atoms. The molecule has 0 spiro atoms. The molecule has 1 aromatic carbocycles. The summed E-state index contributed by atoms with van der Waals surface area (Å²) in [4.78, 5) is 0.884. The Balaban J connectivity index is 1.92. The van der Waals surface area contributed by atoms with Crippen molar-refractivity contribution < 1.29 is 13.5 Å². The van der Waals surface area contributed by atoms with Crippen LogP contribution in [0, 0.1) is 0 Å². The maximum atomic E-state index is 11.9. The Morgan fingerprint density at radius 2 is 2.00 bits per heavy atom. The highest BCUT2D eigenvalue weighted by Gasteiger charge is 2.24. The number of alkyl halides is 2. The third-order valence-corrected chi connectivity index (χ3v) is 2.99. The maximum Gasteiger partial charge on any atom is 0.247 e. The minimum atomic E-state index is -2.24. The van der Waals surface area contributed by atoms with Crippen molar-refractivity contribution in [1.82, 2.24) is 0 Å². The fourth-order valence-electron chi connectivity index (χ4n) is 1.18. The molecule has 1 saturated heterocycles. The monoisotopic (exact) mass is 216 g/mol. The Bertz CT molecular complexity index is 295. The van der Waals surface area contributed by atoms with Crippen LogP contribution in [0.15, 0.2) is 29.2 Å². The van der Waals surface area contributed by atoms with Crippen molar-refractivity contribution in [2.75, 3.05) is 12.4 Å².